The Morgan fingerprint density at radius 3 is 2.95 bits per heavy atom. The van der Waals surface area contributed by atoms with Gasteiger partial charge in [-0.2, -0.15) is 0 Å². The van der Waals surface area contributed by atoms with Crippen molar-refractivity contribution >= 4 is 16.8 Å². The van der Waals surface area contributed by atoms with Gasteiger partial charge in [0.2, 0.25) is 0 Å². The molecule has 0 aliphatic carbocycles. The van der Waals surface area contributed by atoms with Gasteiger partial charge in [-0.3, -0.25) is 4.79 Å². The normalized spacial score (nSPS) is 24.7. The summed E-state index contributed by atoms with van der Waals surface area (Å²) in [6.45, 7) is 4.31. The van der Waals surface area contributed by atoms with Crippen molar-refractivity contribution in [1.82, 2.24) is 9.88 Å². The molecule has 2 atom stereocenters. The first-order chi connectivity index (χ1) is 10.5. The number of amides is 1. The Labute approximate surface area is 128 Å². The van der Waals surface area contributed by atoms with E-state index < -0.39 is 11.5 Å². The maximum absolute atomic E-state index is 12.6. The summed E-state index contributed by atoms with van der Waals surface area (Å²) in [6.07, 6.45) is -0.128. The maximum Gasteiger partial charge on any atom is 0.254 e. The van der Waals surface area contributed by atoms with Crippen LogP contribution >= 0.6 is 0 Å². The molecule has 5 heteroatoms. The number of nitrogens with zero attached hydrogens (tertiary/aromatic N) is 1. The fourth-order valence-corrected chi connectivity index (χ4v) is 3.51. The van der Waals surface area contributed by atoms with E-state index in [0.29, 0.717) is 6.54 Å². The van der Waals surface area contributed by atoms with Crippen molar-refractivity contribution < 1.29 is 14.6 Å². The van der Waals surface area contributed by atoms with E-state index in [4.69, 9.17) is 4.74 Å². The van der Waals surface area contributed by atoms with Gasteiger partial charge in [0.1, 0.15) is 6.10 Å². The Kier molecular flexibility index (Phi) is 2.86. The van der Waals surface area contributed by atoms with Crippen molar-refractivity contribution in [3.8, 4) is 0 Å². The quantitative estimate of drug-likeness (QED) is 0.891. The van der Waals surface area contributed by atoms with Crippen molar-refractivity contribution in [3.63, 3.8) is 0 Å². The van der Waals surface area contributed by atoms with Gasteiger partial charge in [0.05, 0.1) is 12.3 Å². The van der Waals surface area contributed by atoms with Crippen molar-refractivity contribution in [2.75, 3.05) is 13.2 Å². The summed E-state index contributed by atoms with van der Waals surface area (Å²) in [4.78, 5) is 17.9. The lowest BCUT2D eigenvalue weighted by molar-refractivity contribution is -0.135. The first-order valence-corrected chi connectivity index (χ1v) is 7.69. The smallest absolute Gasteiger partial charge is 0.254 e. The zero-order valence-corrected chi connectivity index (χ0v) is 12.8. The largest absolute Gasteiger partial charge is 0.396 e. The van der Waals surface area contributed by atoms with Gasteiger partial charge in [-0.15, -0.1) is 0 Å². The van der Waals surface area contributed by atoms with Crippen LogP contribution in [0.5, 0.6) is 0 Å². The summed E-state index contributed by atoms with van der Waals surface area (Å²) in [6, 6.07) is 8.18. The van der Waals surface area contributed by atoms with Gasteiger partial charge in [0, 0.05) is 22.9 Å². The molecule has 0 saturated carbocycles. The fraction of sp³-hybridized carbons (Fsp3) is 0.471. The summed E-state index contributed by atoms with van der Waals surface area (Å²) in [5.41, 5.74) is 2.72. The van der Waals surface area contributed by atoms with E-state index in [1.165, 1.54) is 10.9 Å². The molecule has 1 aromatic carbocycles. The summed E-state index contributed by atoms with van der Waals surface area (Å²) in [5, 5.41) is 10.8. The first-order valence-electron chi connectivity index (χ1n) is 7.69. The van der Waals surface area contributed by atoms with Crippen LogP contribution in [0.4, 0.5) is 0 Å². The number of hydrogen-bond acceptors (Lipinski definition) is 3. The van der Waals surface area contributed by atoms with Crippen LogP contribution in [0.2, 0.25) is 0 Å². The van der Waals surface area contributed by atoms with E-state index >= 15 is 0 Å². The highest BCUT2D eigenvalue weighted by Crippen LogP contribution is 2.43. The van der Waals surface area contributed by atoms with E-state index in [1.54, 1.807) is 4.90 Å². The number of aromatic amines is 1. The SMILES string of the molecule is CC(C)(CO)[C@@H]1O[C@H]2c3[nH]c4ccccc4c3CCN2C1=O. The number of rotatable bonds is 2. The van der Waals surface area contributed by atoms with Crippen molar-refractivity contribution in [2.24, 2.45) is 5.41 Å². The molecule has 2 aromatic rings. The number of H-pyrrole nitrogens is 1. The number of nitrogens with one attached hydrogen (secondary N) is 1. The molecule has 2 aliphatic rings. The molecule has 22 heavy (non-hydrogen) atoms. The van der Waals surface area contributed by atoms with Crippen LogP contribution in [0.3, 0.4) is 0 Å². The predicted octanol–water partition coefficient (Wildman–Crippen LogP) is 1.97. The number of carbonyl (C=O) groups excluding carboxylic acids is 1. The number of aromatic nitrogens is 1. The number of fused-ring (bicyclic) bond motifs is 5. The molecule has 0 unspecified atom stereocenters. The van der Waals surface area contributed by atoms with Gasteiger partial charge in [-0.25, -0.2) is 0 Å². The molecule has 2 N–H and O–H groups in total. The topological polar surface area (TPSA) is 65.6 Å². The minimum Gasteiger partial charge on any atom is -0.396 e. The van der Waals surface area contributed by atoms with E-state index in [9.17, 15) is 9.90 Å². The van der Waals surface area contributed by atoms with Gasteiger partial charge in [-0.1, -0.05) is 32.0 Å². The van der Waals surface area contributed by atoms with Gasteiger partial charge < -0.3 is 19.7 Å². The Morgan fingerprint density at radius 1 is 1.41 bits per heavy atom. The Balaban J connectivity index is 1.78. The molecular formula is C17H20N2O3. The molecule has 0 spiro atoms. The molecule has 1 fully saturated rings. The van der Waals surface area contributed by atoms with E-state index in [-0.39, 0.29) is 18.7 Å². The average Bonchev–Trinajstić information content (AvgIpc) is 3.06. The second-order valence-electron chi connectivity index (χ2n) is 6.86. The van der Waals surface area contributed by atoms with Crippen molar-refractivity contribution in [2.45, 2.75) is 32.6 Å². The Bertz CT molecular complexity index is 749. The number of aliphatic hydroxyl groups excluding tert-OH is 1. The molecule has 1 amide bonds. The van der Waals surface area contributed by atoms with Crippen LogP contribution in [-0.2, 0) is 16.0 Å². The van der Waals surface area contributed by atoms with Gasteiger partial charge >= 0.3 is 0 Å². The third kappa shape index (κ3) is 1.76. The number of para-hydroxylation sites is 1. The zero-order chi connectivity index (χ0) is 15.5. The molecule has 1 saturated heterocycles. The van der Waals surface area contributed by atoms with Crippen molar-refractivity contribution in [1.29, 1.82) is 0 Å². The summed E-state index contributed by atoms with van der Waals surface area (Å²) >= 11 is 0. The number of carbonyl (C=O) groups is 1. The highest BCUT2D eigenvalue weighted by molar-refractivity contribution is 5.88. The molecule has 0 bridgehead atoms. The average molecular weight is 300 g/mol. The van der Waals surface area contributed by atoms with Gasteiger partial charge in [0.15, 0.2) is 6.23 Å². The summed E-state index contributed by atoms with van der Waals surface area (Å²) in [5.74, 6) is -0.0200. The summed E-state index contributed by atoms with van der Waals surface area (Å²) in [7, 11) is 0. The minimum absolute atomic E-state index is 0.0200. The standard InChI is InChI=1S/C17H20N2O3/c1-17(2,9-20)14-15(21)19-8-7-11-10-5-3-4-6-12(10)18-13(11)16(19)22-14/h3-6,14,16,18,20H,7-9H2,1-2H3/t14-,16+/m1/s1. The lowest BCUT2D eigenvalue weighted by Crippen LogP contribution is -2.42. The van der Waals surface area contributed by atoms with Gasteiger partial charge in [0.25, 0.3) is 5.91 Å². The first kappa shape index (κ1) is 13.8. The molecule has 3 heterocycles. The molecule has 116 valence electrons. The molecule has 2 aliphatic heterocycles. The van der Waals surface area contributed by atoms with Crippen LogP contribution in [-0.4, -0.2) is 40.2 Å². The van der Waals surface area contributed by atoms with Crippen LogP contribution in [0.1, 0.15) is 31.3 Å². The fourth-order valence-electron chi connectivity index (χ4n) is 3.51. The van der Waals surface area contributed by atoms with Crippen LogP contribution in [0.25, 0.3) is 10.9 Å². The van der Waals surface area contributed by atoms with Crippen LogP contribution in [0, 0.1) is 5.41 Å². The molecule has 0 radical (unpaired) electrons. The monoisotopic (exact) mass is 300 g/mol. The zero-order valence-electron chi connectivity index (χ0n) is 12.8. The second kappa shape index (κ2) is 4.57. The molecular weight excluding hydrogens is 280 g/mol. The number of aliphatic hydroxyl groups is 1. The lowest BCUT2D eigenvalue weighted by atomic mass is 9.87. The van der Waals surface area contributed by atoms with E-state index in [1.807, 2.05) is 32.0 Å². The van der Waals surface area contributed by atoms with Crippen LogP contribution in [0.15, 0.2) is 24.3 Å². The maximum atomic E-state index is 12.6. The Hall–Kier alpha value is -1.85. The lowest BCUT2D eigenvalue weighted by Gasteiger charge is -2.28. The second-order valence-corrected chi connectivity index (χ2v) is 6.86. The van der Waals surface area contributed by atoms with Crippen LogP contribution < -0.4 is 0 Å². The molecule has 1 aromatic heterocycles. The van der Waals surface area contributed by atoms with E-state index in [0.717, 1.165) is 17.6 Å². The molecule has 4 rings (SSSR count). The minimum atomic E-state index is -0.597. The highest BCUT2D eigenvalue weighted by Gasteiger charge is 2.50. The van der Waals surface area contributed by atoms with Gasteiger partial charge in [-0.05, 0) is 18.1 Å². The predicted molar refractivity (Wildman–Crippen MR) is 82.2 cm³/mol. The number of benzene rings is 1. The third-order valence-electron chi connectivity index (χ3n) is 4.87. The molecule has 5 nitrogen and oxygen atoms in total. The highest BCUT2D eigenvalue weighted by atomic mass is 16.5. The summed E-state index contributed by atoms with van der Waals surface area (Å²) < 4.78 is 6.07. The Morgan fingerprint density at radius 2 is 2.18 bits per heavy atom. The van der Waals surface area contributed by atoms with E-state index in [2.05, 4.69) is 11.1 Å². The third-order valence-corrected chi connectivity index (χ3v) is 4.87. The van der Waals surface area contributed by atoms with Crippen molar-refractivity contribution in [3.05, 3.63) is 35.5 Å². The number of hydrogen-bond donors (Lipinski definition) is 2. The number of ether oxygens (including phenoxy) is 1.